The average molecular weight is 1770 g/mol. The summed E-state index contributed by atoms with van der Waals surface area (Å²) in [5, 5.41) is 0. The summed E-state index contributed by atoms with van der Waals surface area (Å²) in [6.45, 7) is 31.3. The van der Waals surface area contributed by atoms with Gasteiger partial charge in [-0.15, -0.1) is 0 Å². The van der Waals surface area contributed by atoms with Crippen LogP contribution < -0.4 is 10.9 Å². The summed E-state index contributed by atoms with van der Waals surface area (Å²) in [6, 6.07) is 60.8. The number of unbranched alkanes of at least 4 members (excludes halogenated alkanes) is 30. The van der Waals surface area contributed by atoms with E-state index in [4.69, 9.17) is 27.4 Å². The zero-order valence-electron chi connectivity index (χ0n) is 81.5. The Bertz CT molecular complexity index is 5610. The molecule has 16 rings (SSSR count). The molecule has 684 valence electrons. The normalized spacial score (nSPS) is 17.2. The van der Waals surface area contributed by atoms with Crippen LogP contribution in [0.1, 0.15) is 400 Å². The van der Waals surface area contributed by atoms with Crippen molar-refractivity contribution in [2.45, 2.75) is 415 Å². The fourth-order valence-electron chi connectivity index (χ4n) is 23.4. The molecule has 1 aromatic heterocycles. The van der Waals surface area contributed by atoms with Crippen molar-refractivity contribution in [1.82, 2.24) is 8.75 Å². The predicted octanol–water partition coefficient (Wildman–Crippen LogP) is 33.1. The highest BCUT2D eigenvalue weighted by molar-refractivity contribution is 7.92. The molecule has 2 fully saturated rings. The van der Waals surface area contributed by atoms with E-state index in [-0.39, 0.29) is 16.2 Å². The van der Waals surface area contributed by atoms with Gasteiger partial charge >= 0.3 is 14.2 Å². The molecule has 0 bridgehead atoms. The Morgan fingerprint density at radius 3 is 0.744 bits per heavy atom. The SMILES string of the molecule is CCCCCCCCC1(CCCCCCCC)c2cc(B3OC(C)(C)C(C)(C)O3)ccc2-c2ccc(-c3ccc4c(c3)C(CCCCCCCC)(CCCCCCCC)c3cc(-c5ccc6c(c5)S(=O)(=O)c5cc(-c7ccc(-c8ccc9c(c8)C(CCCCCCCC)(CCCCCCCC)c8cc(B%10OC(C)(C)C(C)(C)O%10)ccc8-9)c8nsnc78)ccc5-6)ccc3-4)cc21. The largest absolute Gasteiger partial charge is 0.494 e. The number of aromatic nitrogens is 2. The molecule has 10 aromatic rings. The molecule has 9 aromatic carbocycles. The lowest BCUT2D eigenvalue weighted by atomic mass is 9.68. The third-order valence-electron chi connectivity index (χ3n) is 32.5. The quantitative estimate of drug-likeness (QED) is 0.0275. The molecule has 0 unspecified atom stereocenters. The minimum atomic E-state index is -3.97. The van der Waals surface area contributed by atoms with Crippen LogP contribution in [0.2, 0.25) is 0 Å². The van der Waals surface area contributed by atoms with Gasteiger partial charge in [-0.25, -0.2) is 8.42 Å². The zero-order valence-corrected chi connectivity index (χ0v) is 83.2. The number of benzene rings is 9. The van der Waals surface area contributed by atoms with Gasteiger partial charge in [0.2, 0.25) is 9.84 Å². The molecule has 0 atom stereocenters. The molecule has 0 N–H and O–H groups in total. The van der Waals surface area contributed by atoms with Crippen molar-refractivity contribution in [2.75, 3.05) is 0 Å². The molecule has 8 nitrogen and oxygen atoms in total. The summed E-state index contributed by atoms with van der Waals surface area (Å²) < 4.78 is 69.0. The Kier molecular flexibility index (Phi) is 30.1. The van der Waals surface area contributed by atoms with Crippen LogP contribution >= 0.6 is 11.7 Å². The second kappa shape index (κ2) is 40.9. The van der Waals surface area contributed by atoms with Gasteiger partial charge in [0.15, 0.2) is 0 Å². The molecule has 2 saturated heterocycles. The smallest absolute Gasteiger partial charge is 0.399 e. The number of rotatable bonds is 48. The topological polar surface area (TPSA) is 96.8 Å². The van der Waals surface area contributed by atoms with Gasteiger partial charge in [0.1, 0.15) is 11.0 Å². The highest BCUT2D eigenvalue weighted by Gasteiger charge is 2.55. The average Bonchev–Trinajstić information content (AvgIpc) is 1.56. The van der Waals surface area contributed by atoms with Crippen molar-refractivity contribution in [3.63, 3.8) is 0 Å². The first-order valence-electron chi connectivity index (χ1n) is 51.8. The van der Waals surface area contributed by atoms with E-state index < -0.39 is 46.5 Å². The van der Waals surface area contributed by atoms with Gasteiger partial charge in [-0.05, 0) is 241 Å². The molecule has 0 radical (unpaired) electrons. The van der Waals surface area contributed by atoms with Gasteiger partial charge in [0, 0.05) is 38.5 Å². The van der Waals surface area contributed by atoms with E-state index >= 15 is 8.42 Å². The van der Waals surface area contributed by atoms with Crippen LogP contribution in [0.25, 0.3) is 100 Å². The molecule has 0 amide bonds. The van der Waals surface area contributed by atoms with Crippen molar-refractivity contribution in [2.24, 2.45) is 0 Å². The maximum atomic E-state index is 15.7. The van der Waals surface area contributed by atoms with Gasteiger partial charge in [-0.2, -0.15) is 8.75 Å². The Labute approximate surface area is 783 Å². The van der Waals surface area contributed by atoms with Crippen molar-refractivity contribution in [3.05, 3.63) is 191 Å². The summed E-state index contributed by atoms with van der Waals surface area (Å²) in [4.78, 5) is 0.720. The van der Waals surface area contributed by atoms with Crippen LogP contribution in [-0.4, -0.2) is 53.8 Å². The Morgan fingerprint density at radius 1 is 0.248 bits per heavy atom. The minimum Gasteiger partial charge on any atom is -0.399 e. The Morgan fingerprint density at radius 2 is 0.457 bits per heavy atom. The molecule has 0 saturated carbocycles. The van der Waals surface area contributed by atoms with Crippen molar-refractivity contribution in [3.8, 4) is 89.0 Å². The van der Waals surface area contributed by atoms with E-state index in [1.54, 1.807) is 0 Å². The van der Waals surface area contributed by atoms with Crippen LogP contribution in [0.15, 0.2) is 168 Å². The predicted molar refractivity (Wildman–Crippen MR) is 548 cm³/mol. The lowest BCUT2D eigenvalue weighted by molar-refractivity contribution is 0.00578. The lowest BCUT2D eigenvalue weighted by Crippen LogP contribution is -2.41. The van der Waals surface area contributed by atoms with E-state index in [2.05, 4.69) is 236 Å². The number of sulfone groups is 1. The summed E-state index contributed by atoms with van der Waals surface area (Å²) in [7, 11) is -4.85. The van der Waals surface area contributed by atoms with Crippen molar-refractivity contribution < 1.29 is 27.0 Å². The second-order valence-electron chi connectivity index (χ2n) is 42.2. The van der Waals surface area contributed by atoms with Crippen molar-refractivity contribution >= 4 is 57.8 Å². The lowest BCUT2D eigenvalue weighted by Gasteiger charge is -2.34. The first-order valence-corrected chi connectivity index (χ1v) is 54.0. The second-order valence-corrected chi connectivity index (χ2v) is 44.6. The third-order valence-corrected chi connectivity index (χ3v) is 34.8. The van der Waals surface area contributed by atoms with E-state index in [9.17, 15) is 0 Å². The molecule has 3 aliphatic heterocycles. The molecule has 3 aliphatic carbocycles. The summed E-state index contributed by atoms with van der Waals surface area (Å²) in [5.74, 6) is 0. The van der Waals surface area contributed by atoms with E-state index in [0.717, 1.165) is 131 Å². The number of hydrogen-bond acceptors (Lipinski definition) is 9. The van der Waals surface area contributed by atoms with Crippen LogP contribution in [0, 0.1) is 0 Å². The number of hydrogen-bond donors (Lipinski definition) is 0. The van der Waals surface area contributed by atoms with Crippen LogP contribution in [-0.2, 0) is 44.7 Å². The van der Waals surface area contributed by atoms with Crippen molar-refractivity contribution in [1.29, 1.82) is 0 Å². The fraction of sp³-hybridized carbons (Fsp3) is 0.538. The summed E-state index contributed by atoms with van der Waals surface area (Å²) in [6.07, 6.45) is 51.4. The minimum absolute atomic E-state index is 0.151. The molecular formula is C117H152B2N2O6S2. The molecule has 0 spiro atoms. The highest BCUT2D eigenvalue weighted by atomic mass is 32.2. The van der Waals surface area contributed by atoms with E-state index in [1.807, 2.05) is 18.2 Å². The van der Waals surface area contributed by atoms with Gasteiger partial charge in [-0.3, -0.25) is 0 Å². The molecule has 6 aliphatic rings. The molecule has 129 heavy (non-hydrogen) atoms. The molecular weight excluding hydrogens is 1620 g/mol. The fourth-order valence-corrected chi connectivity index (χ4v) is 25.8. The van der Waals surface area contributed by atoms with Gasteiger partial charge in [0.25, 0.3) is 0 Å². The van der Waals surface area contributed by atoms with E-state index in [0.29, 0.717) is 9.79 Å². The molecule has 4 heterocycles. The Balaban J connectivity index is 0.731. The van der Waals surface area contributed by atoms with Crippen LogP contribution in [0.5, 0.6) is 0 Å². The maximum Gasteiger partial charge on any atom is 0.494 e. The standard InChI is InChI=1S/C117H152B2N2O6S2/c1-15-21-27-33-39-45-69-115(70-46-40-34-28-22-16-2)101-75-83(84-52-60-95-97-65-57-89(118-124-111(7,8)112(9,10)125-118)81-105(97)116(103(95)76-84,71-47-41-35-29-23-17-3)72-48-42-36-30-24-18-4)51-59-93(101)94-61-53-85(77-102(94)115)86-54-63-99-100-64-56-88(80-108(100)129(122,123)107(99)79-86)92-68-67-91(109-110(92)121-128-120-109)87-55-62-96-98-66-58-90(119-126-113(11,12)114(13,14)127-119)82-106(98)117(104(96)78-87,73-49-43-37-31-25-19-5)74-50-44-38-32-26-20-6/h51-68,75-82H,15-50,69-74H2,1-14H3. The van der Waals surface area contributed by atoms with Crippen LogP contribution in [0.3, 0.4) is 0 Å². The first kappa shape index (κ1) is 94.9. The Hall–Kier alpha value is -7.28. The molecule has 12 heteroatoms. The summed E-state index contributed by atoms with van der Waals surface area (Å²) >= 11 is 1.23. The highest BCUT2D eigenvalue weighted by Crippen LogP contribution is 2.61. The number of fused-ring (bicyclic) bond motifs is 13. The first-order chi connectivity index (χ1) is 62.4. The maximum absolute atomic E-state index is 15.7. The van der Waals surface area contributed by atoms with Gasteiger partial charge in [0.05, 0.1) is 43.9 Å². The van der Waals surface area contributed by atoms with Crippen LogP contribution in [0.4, 0.5) is 0 Å². The zero-order chi connectivity index (χ0) is 90.4. The van der Waals surface area contributed by atoms with Gasteiger partial charge in [-0.1, -0.05) is 394 Å². The third kappa shape index (κ3) is 18.9. The monoisotopic (exact) mass is 1770 g/mol. The van der Waals surface area contributed by atoms with E-state index in [1.165, 1.54) is 295 Å². The summed E-state index contributed by atoms with van der Waals surface area (Å²) in [5.41, 5.74) is 28.3. The van der Waals surface area contributed by atoms with Gasteiger partial charge < -0.3 is 18.6 Å². The number of nitrogens with zero attached hydrogens (tertiary/aromatic N) is 2.